The first-order valence-electron chi connectivity index (χ1n) is 13.0. The molecular formula is C29H26N6O6S2. The van der Waals surface area contributed by atoms with E-state index in [1.54, 1.807) is 35.2 Å². The Balaban J connectivity index is 1.42. The fraction of sp³-hybridized carbons (Fsp3) is 0.241. The molecule has 0 saturated carbocycles. The maximum atomic E-state index is 13.4. The largest absolute Gasteiger partial charge is 0.493 e. The van der Waals surface area contributed by atoms with Gasteiger partial charge in [-0.3, -0.25) is 14.5 Å². The Bertz CT molecular complexity index is 1730. The Labute approximate surface area is 254 Å². The maximum Gasteiger partial charge on any atom is 0.335 e. The summed E-state index contributed by atoms with van der Waals surface area (Å²) in [5.41, 5.74) is 9.08. The number of Topliss-reactive ketones (excluding diaryl/α,β-unsaturated/α-hetero) is 1. The number of carbonyl (C=O) groups excluding carboxylic acids is 2. The molecule has 3 aromatic rings. The molecule has 220 valence electrons. The van der Waals surface area contributed by atoms with Gasteiger partial charge in [0.2, 0.25) is 11.0 Å². The van der Waals surface area contributed by atoms with Crippen molar-refractivity contribution in [1.29, 1.82) is 5.26 Å². The van der Waals surface area contributed by atoms with E-state index in [4.69, 9.17) is 20.3 Å². The van der Waals surface area contributed by atoms with Gasteiger partial charge in [-0.15, -0.1) is 10.2 Å². The Morgan fingerprint density at radius 1 is 1.19 bits per heavy atom. The molecule has 0 bridgehead atoms. The second kappa shape index (κ2) is 12.6. The van der Waals surface area contributed by atoms with Gasteiger partial charge in [0.15, 0.2) is 21.6 Å². The molecule has 2 aromatic carbocycles. The number of carboxylic acid groups (broad SMARTS) is 1. The molecule has 1 aliphatic heterocycles. The zero-order valence-electron chi connectivity index (χ0n) is 23.1. The number of aromatic carboxylic acids is 1. The van der Waals surface area contributed by atoms with E-state index in [-0.39, 0.29) is 34.4 Å². The summed E-state index contributed by atoms with van der Waals surface area (Å²) < 4.78 is 11.3. The van der Waals surface area contributed by atoms with Gasteiger partial charge in [-0.05, 0) is 48.7 Å². The predicted molar refractivity (Wildman–Crippen MR) is 160 cm³/mol. The number of anilines is 2. The Morgan fingerprint density at radius 2 is 1.98 bits per heavy atom. The fourth-order valence-corrected chi connectivity index (χ4v) is 6.76. The summed E-state index contributed by atoms with van der Waals surface area (Å²) in [7, 11) is 3.04. The highest BCUT2D eigenvalue weighted by molar-refractivity contribution is 8.01. The Morgan fingerprint density at radius 3 is 2.70 bits per heavy atom. The third-order valence-corrected chi connectivity index (χ3v) is 9.00. The van der Waals surface area contributed by atoms with Crippen LogP contribution in [0.5, 0.6) is 11.5 Å². The number of rotatable bonds is 9. The van der Waals surface area contributed by atoms with E-state index >= 15 is 0 Å². The molecule has 0 radical (unpaired) electrons. The average Bonchev–Trinajstić information content (AvgIpc) is 3.47. The number of amides is 1. The summed E-state index contributed by atoms with van der Waals surface area (Å²) in [6, 6.07) is 13.4. The van der Waals surface area contributed by atoms with Crippen molar-refractivity contribution in [1.82, 2.24) is 10.2 Å². The van der Waals surface area contributed by atoms with E-state index in [1.807, 2.05) is 0 Å². The first-order valence-corrected chi connectivity index (χ1v) is 14.8. The molecule has 1 unspecified atom stereocenters. The van der Waals surface area contributed by atoms with Gasteiger partial charge in [-0.25, -0.2) is 4.79 Å². The van der Waals surface area contributed by atoms with E-state index in [1.165, 1.54) is 37.7 Å². The van der Waals surface area contributed by atoms with Crippen molar-refractivity contribution in [2.75, 3.05) is 30.2 Å². The molecule has 5 rings (SSSR count). The SMILES string of the molecule is COc1ccc(C2C(C#N)=C(N)N(c3nnc(SCC(=O)Nc4cccc(C(=O)O)c4)s3)C3=C2C(=O)CCC3)cc1OC. The van der Waals surface area contributed by atoms with Crippen molar-refractivity contribution >= 4 is 51.6 Å². The highest BCUT2D eigenvalue weighted by atomic mass is 32.2. The molecule has 0 saturated heterocycles. The zero-order chi connectivity index (χ0) is 30.7. The van der Waals surface area contributed by atoms with Crippen LogP contribution in [0.3, 0.4) is 0 Å². The molecule has 4 N–H and O–H groups in total. The number of benzene rings is 2. The zero-order valence-corrected chi connectivity index (χ0v) is 24.8. The molecule has 43 heavy (non-hydrogen) atoms. The number of nitriles is 1. The topological polar surface area (TPSA) is 181 Å². The molecule has 0 fully saturated rings. The molecule has 12 nitrogen and oxygen atoms in total. The molecular weight excluding hydrogens is 592 g/mol. The lowest BCUT2D eigenvalue weighted by Crippen LogP contribution is -2.38. The smallest absolute Gasteiger partial charge is 0.335 e. The minimum Gasteiger partial charge on any atom is -0.493 e. The third kappa shape index (κ3) is 5.90. The van der Waals surface area contributed by atoms with E-state index in [9.17, 15) is 19.6 Å². The van der Waals surface area contributed by atoms with Crippen molar-refractivity contribution in [2.45, 2.75) is 29.5 Å². The summed E-state index contributed by atoms with van der Waals surface area (Å²) in [5.74, 6) is -1.08. The molecule has 2 heterocycles. The molecule has 1 aromatic heterocycles. The predicted octanol–water partition coefficient (Wildman–Crippen LogP) is 4.29. The average molecular weight is 619 g/mol. The van der Waals surface area contributed by atoms with Crippen LogP contribution in [0, 0.1) is 11.3 Å². The van der Waals surface area contributed by atoms with Gasteiger partial charge >= 0.3 is 5.97 Å². The number of ketones is 1. The van der Waals surface area contributed by atoms with Gasteiger partial charge in [0, 0.05) is 23.4 Å². The van der Waals surface area contributed by atoms with Crippen molar-refractivity contribution in [3.05, 3.63) is 76.3 Å². The van der Waals surface area contributed by atoms with Gasteiger partial charge < -0.3 is 25.6 Å². The number of nitrogens with zero attached hydrogens (tertiary/aromatic N) is 4. The Kier molecular flexibility index (Phi) is 8.65. The number of methoxy groups -OCH3 is 2. The van der Waals surface area contributed by atoms with Crippen LogP contribution in [-0.2, 0) is 9.59 Å². The van der Waals surface area contributed by atoms with E-state index < -0.39 is 11.9 Å². The Hall–Kier alpha value is -4.87. The number of thioether (sulfide) groups is 1. The van der Waals surface area contributed by atoms with Crippen LogP contribution < -0.4 is 25.4 Å². The normalized spacial score (nSPS) is 16.4. The highest BCUT2D eigenvalue weighted by Crippen LogP contribution is 2.48. The van der Waals surface area contributed by atoms with Crippen LogP contribution in [0.1, 0.15) is 41.1 Å². The van der Waals surface area contributed by atoms with Crippen LogP contribution in [0.25, 0.3) is 0 Å². The number of nitrogens with two attached hydrogens (primary N) is 1. The lowest BCUT2D eigenvalue weighted by molar-refractivity contribution is -0.116. The number of hydrogen-bond donors (Lipinski definition) is 3. The number of carbonyl (C=O) groups is 3. The van der Waals surface area contributed by atoms with Gasteiger partial charge in [0.1, 0.15) is 5.82 Å². The second-order valence-electron chi connectivity index (χ2n) is 9.50. The van der Waals surface area contributed by atoms with Gasteiger partial charge in [0.05, 0.1) is 43.1 Å². The monoisotopic (exact) mass is 618 g/mol. The number of nitrogens with one attached hydrogen (secondary N) is 1. The second-order valence-corrected chi connectivity index (χ2v) is 11.7. The first-order chi connectivity index (χ1) is 20.7. The van der Waals surface area contributed by atoms with Crippen LogP contribution >= 0.6 is 23.1 Å². The third-order valence-electron chi connectivity index (χ3n) is 6.96. The number of carboxylic acids is 1. The van der Waals surface area contributed by atoms with Crippen molar-refractivity contribution in [3.8, 4) is 17.6 Å². The van der Waals surface area contributed by atoms with Crippen molar-refractivity contribution < 1.29 is 29.0 Å². The number of aromatic nitrogens is 2. The summed E-state index contributed by atoms with van der Waals surface area (Å²) in [6.07, 6.45) is 1.51. The lowest BCUT2D eigenvalue weighted by Gasteiger charge is -2.38. The summed E-state index contributed by atoms with van der Waals surface area (Å²) in [6.45, 7) is 0. The lowest BCUT2D eigenvalue weighted by atomic mass is 9.75. The van der Waals surface area contributed by atoms with E-state index in [0.29, 0.717) is 62.8 Å². The molecule has 1 atom stereocenters. The molecule has 0 spiro atoms. The molecule has 14 heteroatoms. The fourth-order valence-electron chi connectivity index (χ4n) is 5.08. The number of ether oxygens (including phenoxy) is 2. The quantitative estimate of drug-likeness (QED) is 0.290. The van der Waals surface area contributed by atoms with Gasteiger partial charge in [-0.1, -0.05) is 35.2 Å². The summed E-state index contributed by atoms with van der Waals surface area (Å²) in [5, 5.41) is 31.0. The van der Waals surface area contributed by atoms with Gasteiger partial charge in [-0.2, -0.15) is 5.26 Å². The van der Waals surface area contributed by atoms with Crippen LogP contribution in [0.4, 0.5) is 10.8 Å². The van der Waals surface area contributed by atoms with Crippen LogP contribution in [0.2, 0.25) is 0 Å². The molecule has 1 amide bonds. The standard InChI is InChI=1S/C29H26N6O6S2/c1-40-21-10-9-15(12-22(21)41-2)24-18(13-30)26(31)35(19-7-4-8-20(36)25(19)24)28-33-34-29(43-28)42-14-23(37)32-17-6-3-5-16(11-17)27(38)39/h3,5-6,9-12,24H,4,7-8,14,31H2,1-2H3,(H,32,37)(H,38,39). The van der Waals surface area contributed by atoms with E-state index in [0.717, 1.165) is 11.8 Å². The van der Waals surface area contributed by atoms with Crippen molar-refractivity contribution in [2.24, 2.45) is 5.73 Å². The molecule has 1 aliphatic carbocycles. The van der Waals surface area contributed by atoms with E-state index in [2.05, 4.69) is 21.6 Å². The molecule has 2 aliphatic rings. The maximum absolute atomic E-state index is 13.4. The summed E-state index contributed by atoms with van der Waals surface area (Å²) >= 11 is 2.32. The minimum atomic E-state index is -1.09. The number of allylic oxidation sites excluding steroid dienone is 3. The summed E-state index contributed by atoms with van der Waals surface area (Å²) in [4.78, 5) is 38.8. The van der Waals surface area contributed by atoms with Crippen LogP contribution in [0.15, 0.2) is 69.5 Å². The van der Waals surface area contributed by atoms with Gasteiger partial charge in [0.25, 0.3) is 0 Å². The number of hydrogen-bond acceptors (Lipinski definition) is 12. The highest BCUT2D eigenvalue weighted by Gasteiger charge is 2.41. The van der Waals surface area contributed by atoms with Crippen LogP contribution in [-0.4, -0.2) is 52.9 Å². The first kappa shape index (κ1) is 29.6. The minimum absolute atomic E-state index is 0.00545. The van der Waals surface area contributed by atoms with Crippen molar-refractivity contribution in [3.63, 3.8) is 0 Å².